The van der Waals surface area contributed by atoms with Gasteiger partial charge >= 0.3 is 0 Å². The number of methoxy groups -OCH3 is 1. The van der Waals surface area contributed by atoms with E-state index in [0.29, 0.717) is 5.02 Å². The predicted octanol–water partition coefficient (Wildman–Crippen LogP) is 5.40. The molecule has 0 aliphatic heterocycles. The molecule has 0 radical (unpaired) electrons. The van der Waals surface area contributed by atoms with Crippen molar-refractivity contribution in [3.05, 3.63) is 64.2 Å². The summed E-state index contributed by atoms with van der Waals surface area (Å²) in [6.45, 7) is 2.16. The zero-order valence-electron chi connectivity index (χ0n) is 11.0. The van der Waals surface area contributed by atoms with Gasteiger partial charge in [-0.3, -0.25) is 0 Å². The van der Waals surface area contributed by atoms with Gasteiger partial charge in [-0.25, -0.2) is 0 Å². The van der Waals surface area contributed by atoms with Gasteiger partial charge in [-0.05, 0) is 35.2 Å². The van der Waals surface area contributed by atoms with Crippen LogP contribution in [0.4, 0.5) is 0 Å². The van der Waals surface area contributed by atoms with E-state index in [1.165, 1.54) is 11.1 Å². The van der Waals surface area contributed by atoms with E-state index in [2.05, 4.69) is 47.1 Å². The van der Waals surface area contributed by atoms with Crippen molar-refractivity contribution in [2.24, 2.45) is 0 Å². The molecule has 1 unspecified atom stereocenters. The maximum atomic E-state index is 6.34. The Kier molecular flexibility index (Phi) is 4.89. The summed E-state index contributed by atoms with van der Waals surface area (Å²) < 4.78 is 5.18. The summed E-state index contributed by atoms with van der Waals surface area (Å²) in [4.78, 5) is 0.0991. The average molecular weight is 340 g/mol. The summed E-state index contributed by atoms with van der Waals surface area (Å²) in [5.41, 5.74) is 3.65. The third-order valence-electron chi connectivity index (χ3n) is 3.19. The second-order valence-corrected chi connectivity index (χ2v) is 5.63. The van der Waals surface area contributed by atoms with Crippen LogP contribution in [0, 0.1) is 0 Å². The van der Waals surface area contributed by atoms with Crippen LogP contribution < -0.4 is 4.74 Å². The number of halogens is 2. The molecule has 3 heteroatoms. The van der Waals surface area contributed by atoms with Crippen LogP contribution in [-0.4, -0.2) is 7.11 Å². The second kappa shape index (κ2) is 6.44. The van der Waals surface area contributed by atoms with E-state index in [0.717, 1.165) is 17.7 Å². The standard InChI is InChI=1S/C16H16BrClO/c1-3-11-6-4-5-7-13(11)16(17)14-9-8-12(19-2)10-15(14)18/h4-10,16H,3H2,1-2H3. The molecular formula is C16H16BrClO. The first-order valence-corrected chi connectivity index (χ1v) is 7.52. The van der Waals surface area contributed by atoms with Gasteiger partial charge < -0.3 is 4.74 Å². The summed E-state index contributed by atoms with van der Waals surface area (Å²) in [6, 6.07) is 14.2. The van der Waals surface area contributed by atoms with Gasteiger partial charge in [0, 0.05) is 5.02 Å². The van der Waals surface area contributed by atoms with Crippen molar-refractivity contribution in [1.82, 2.24) is 0 Å². The van der Waals surface area contributed by atoms with Crippen LogP contribution in [0.15, 0.2) is 42.5 Å². The van der Waals surface area contributed by atoms with Gasteiger partial charge in [0.05, 0.1) is 11.9 Å². The van der Waals surface area contributed by atoms with Crippen molar-refractivity contribution < 1.29 is 4.74 Å². The Morgan fingerprint density at radius 3 is 2.53 bits per heavy atom. The van der Waals surface area contributed by atoms with Gasteiger partial charge in [0.25, 0.3) is 0 Å². The number of hydrogen-bond donors (Lipinski definition) is 0. The summed E-state index contributed by atoms with van der Waals surface area (Å²) in [6.07, 6.45) is 1.01. The molecular weight excluding hydrogens is 324 g/mol. The van der Waals surface area contributed by atoms with E-state index < -0.39 is 0 Å². The molecule has 0 saturated heterocycles. The number of benzene rings is 2. The number of rotatable bonds is 4. The van der Waals surface area contributed by atoms with Gasteiger partial charge in [-0.2, -0.15) is 0 Å². The van der Waals surface area contributed by atoms with E-state index in [4.69, 9.17) is 16.3 Å². The minimum absolute atomic E-state index is 0.0991. The minimum atomic E-state index is 0.0991. The van der Waals surface area contributed by atoms with Crippen LogP contribution in [0.1, 0.15) is 28.4 Å². The molecule has 0 aromatic heterocycles. The third kappa shape index (κ3) is 3.13. The maximum absolute atomic E-state index is 6.34. The number of ether oxygens (including phenoxy) is 1. The second-order valence-electron chi connectivity index (χ2n) is 4.30. The van der Waals surface area contributed by atoms with Crippen LogP contribution >= 0.6 is 27.5 Å². The van der Waals surface area contributed by atoms with Gasteiger partial charge in [-0.15, -0.1) is 0 Å². The van der Waals surface area contributed by atoms with E-state index in [9.17, 15) is 0 Å². The monoisotopic (exact) mass is 338 g/mol. The summed E-state index contributed by atoms with van der Waals surface area (Å²) in [7, 11) is 1.64. The smallest absolute Gasteiger partial charge is 0.120 e. The average Bonchev–Trinajstić information content (AvgIpc) is 2.46. The number of hydrogen-bond acceptors (Lipinski definition) is 1. The van der Waals surface area contributed by atoms with Crippen molar-refractivity contribution >= 4 is 27.5 Å². The Labute approximate surface area is 127 Å². The lowest BCUT2D eigenvalue weighted by Gasteiger charge is -2.16. The Balaban J connectivity index is 2.41. The van der Waals surface area contributed by atoms with Crippen LogP contribution in [0.2, 0.25) is 5.02 Å². The molecule has 0 fully saturated rings. The fourth-order valence-corrected chi connectivity index (χ4v) is 3.37. The first-order chi connectivity index (χ1) is 9.17. The van der Waals surface area contributed by atoms with Crippen molar-refractivity contribution in [2.75, 3.05) is 7.11 Å². The zero-order valence-corrected chi connectivity index (χ0v) is 13.3. The highest BCUT2D eigenvalue weighted by Crippen LogP contribution is 2.38. The van der Waals surface area contributed by atoms with Crippen LogP contribution in [0.3, 0.4) is 0 Å². The van der Waals surface area contributed by atoms with E-state index in [1.807, 2.05) is 18.2 Å². The van der Waals surface area contributed by atoms with E-state index >= 15 is 0 Å². The molecule has 0 aliphatic rings. The van der Waals surface area contributed by atoms with E-state index in [1.54, 1.807) is 7.11 Å². The van der Waals surface area contributed by atoms with Gasteiger partial charge in [-0.1, -0.05) is 64.8 Å². The molecule has 0 bridgehead atoms. The summed E-state index contributed by atoms with van der Waals surface area (Å²) >= 11 is 10.1. The van der Waals surface area contributed by atoms with Gasteiger partial charge in [0.1, 0.15) is 5.75 Å². The third-order valence-corrected chi connectivity index (χ3v) is 4.50. The Bertz CT molecular complexity index is 568. The quantitative estimate of drug-likeness (QED) is 0.678. The molecule has 1 atom stereocenters. The zero-order chi connectivity index (χ0) is 13.8. The SMILES string of the molecule is CCc1ccccc1C(Br)c1ccc(OC)cc1Cl. The molecule has 0 amide bonds. The Morgan fingerprint density at radius 1 is 1.16 bits per heavy atom. The fraction of sp³-hybridized carbons (Fsp3) is 0.250. The van der Waals surface area contributed by atoms with Crippen LogP contribution in [-0.2, 0) is 6.42 Å². The Morgan fingerprint density at radius 2 is 1.89 bits per heavy atom. The normalized spacial score (nSPS) is 12.2. The molecule has 0 saturated carbocycles. The highest BCUT2D eigenvalue weighted by atomic mass is 79.9. The molecule has 0 heterocycles. The lowest BCUT2D eigenvalue weighted by atomic mass is 9.98. The first kappa shape index (κ1) is 14.4. The minimum Gasteiger partial charge on any atom is -0.497 e. The molecule has 0 spiro atoms. The highest BCUT2D eigenvalue weighted by molar-refractivity contribution is 9.09. The topological polar surface area (TPSA) is 9.23 Å². The molecule has 0 aliphatic carbocycles. The van der Waals surface area contributed by atoms with E-state index in [-0.39, 0.29) is 4.83 Å². The van der Waals surface area contributed by atoms with Crippen LogP contribution in [0.5, 0.6) is 5.75 Å². The molecule has 0 N–H and O–H groups in total. The lowest BCUT2D eigenvalue weighted by molar-refractivity contribution is 0.414. The van der Waals surface area contributed by atoms with Crippen molar-refractivity contribution in [2.45, 2.75) is 18.2 Å². The van der Waals surface area contributed by atoms with Crippen molar-refractivity contribution in [3.63, 3.8) is 0 Å². The molecule has 2 aromatic carbocycles. The largest absolute Gasteiger partial charge is 0.497 e. The molecule has 2 aromatic rings. The van der Waals surface area contributed by atoms with Crippen LogP contribution in [0.25, 0.3) is 0 Å². The summed E-state index contributed by atoms with van der Waals surface area (Å²) in [5.74, 6) is 0.775. The van der Waals surface area contributed by atoms with Gasteiger partial charge in [0.15, 0.2) is 0 Å². The highest BCUT2D eigenvalue weighted by Gasteiger charge is 2.16. The molecule has 19 heavy (non-hydrogen) atoms. The van der Waals surface area contributed by atoms with Gasteiger partial charge in [0.2, 0.25) is 0 Å². The van der Waals surface area contributed by atoms with Crippen molar-refractivity contribution in [3.8, 4) is 5.75 Å². The maximum Gasteiger partial charge on any atom is 0.120 e. The molecule has 100 valence electrons. The van der Waals surface area contributed by atoms with Crippen molar-refractivity contribution in [1.29, 1.82) is 0 Å². The molecule has 2 rings (SSSR count). The first-order valence-electron chi connectivity index (χ1n) is 6.22. The number of alkyl halides is 1. The Hall–Kier alpha value is -0.990. The lowest BCUT2D eigenvalue weighted by Crippen LogP contribution is -1.99. The predicted molar refractivity (Wildman–Crippen MR) is 84.6 cm³/mol. The summed E-state index contributed by atoms with van der Waals surface area (Å²) in [5, 5.41) is 0.715. The fourth-order valence-electron chi connectivity index (χ4n) is 2.11. The number of aryl methyl sites for hydroxylation is 1. The molecule has 1 nitrogen and oxygen atoms in total.